The van der Waals surface area contributed by atoms with Crippen LogP contribution in [-0.4, -0.2) is 75.1 Å². The van der Waals surface area contributed by atoms with Gasteiger partial charge in [-0.25, -0.2) is 19.7 Å². The summed E-state index contributed by atoms with van der Waals surface area (Å²) in [7, 11) is 0. The van der Waals surface area contributed by atoms with Gasteiger partial charge >= 0.3 is 12.2 Å². The molecule has 1 N–H and O–H groups in total. The number of halogens is 3. The van der Waals surface area contributed by atoms with E-state index in [1.54, 1.807) is 11.3 Å². The first-order chi connectivity index (χ1) is 16.1. The molecule has 2 aromatic rings. The summed E-state index contributed by atoms with van der Waals surface area (Å²) in [6.45, 7) is 7.80. The number of anilines is 1. The summed E-state index contributed by atoms with van der Waals surface area (Å²) in [6, 6.07) is -0.141. The number of carbonyl (C=O) groups excluding carboxylic acids is 1. The van der Waals surface area contributed by atoms with Crippen LogP contribution in [0.3, 0.4) is 0 Å². The van der Waals surface area contributed by atoms with Crippen LogP contribution < -0.4 is 10.2 Å². The number of thiazole rings is 1. The fourth-order valence-electron chi connectivity index (χ4n) is 5.67. The van der Waals surface area contributed by atoms with Crippen molar-refractivity contribution in [2.75, 3.05) is 31.1 Å². The van der Waals surface area contributed by atoms with Crippen LogP contribution in [0.4, 0.5) is 23.9 Å². The van der Waals surface area contributed by atoms with Gasteiger partial charge in [-0.15, -0.1) is 11.3 Å². The molecule has 2 aliphatic heterocycles. The Morgan fingerprint density at radius 1 is 1.15 bits per heavy atom. The molecule has 1 aliphatic carbocycles. The zero-order chi connectivity index (χ0) is 24.1. The summed E-state index contributed by atoms with van der Waals surface area (Å²) in [6.07, 6.45) is -0.860. The molecule has 34 heavy (non-hydrogen) atoms. The second kappa shape index (κ2) is 8.63. The molecule has 184 valence electrons. The number of likely N-dealkylation sites (tertiary alicyclic amines) is 1. The number of amides is 2. The maximum atomic E-state index is 13.0. The second-order valence-electron chi connectivity index (χ2n) is 9.96. The van der Waals surface area contributed by atoms with Gasteiger partial charge in [-0.05, 0) is 32.1 Å². The number of hydrogen-bond donors (Lipinski definition) is 1. The van der Waals surface area contributed by atoms with E-state index in [-0.39, 0.29) is 30.1 Å². The zero-order valence-corrected chi connectivity index (χ0v) is 19.9. The molecule has 12 heteroatoms. The fourth-order valence-corrected chi connectivity index (χ4v) is 6.22. The number of nitrogens with zero attached hydrogens (tertiary/aromatic N) is 6. The van der Waals surface area contributed by atoms with Gasteiger partial charge in [-0.3, -0.25) is 4.90 Å². The average molecular weight is 496 g/mol. The molecule has 0 unspecified atom stereocenters. The lowest BCUT2D eigenvalue weighted by Gasteiger charge is -2.59. The molecular weight excluding hydrogens is 467 g/mol. The number of rotatable bonds is 4. The molecule has 2 saturated heterocycles. The minimum Gasteiger partial charge on any atom is -0.337 e. The number of hydrogen-bond acceptors (Lipinski definition) is 7. The van der Waals surface area contributed by atoms with Crippen molar-refractivity contribution in [2.24, 2.45) is 5.41 Å². The Hall–Kier alpha value is -2.47. The van der Waals surface area contributed by atoms with Crippen LogP contribution >= 0.6 is 11.3 Å². The molecule has 4 heterocycles. The van der Waals surface area contributed by atoms with E-state index in [4.69, 9.17) is 0 Å². The van der Waals surface area contributed by atoms with Crippen LogP contribution in [0.25, 0.3) is 0 Å². The molecule has 3 aliphatic rings. The highest BCUT2D eigenvalue weighted by Crippen LogP contribution is 2.48. The number of piperazine rings is 1. The van der Waals surface area contributed by atoms with E-state index in [1.165, 1.54) is 0 Å². The highest BCUT2D eigenvalue weighted by Gasteiger charge is 2.53. The number of aromatic nitrogens is 3. The summed E-state index contributed by atoms with van der Waals surface area (Å²) < 4.78 is 38.4. The first-order valence-corrected chi connectivity index (χ1v) is 12.4. The maximum absolute atomic E-state index is 13.0. The molecule has 0 radical (unpaired) electrons. The van der Waals surface area contributed by atoms with Crippen LogP contribution in [0.5, 0.6) is 0 Å². The molecule has 0 bridgehead atoms. The molecule has 1 spiro atoms. The van der Waals surface area contributed by atoms with Crippen molar-refractivity contribution < 1.29 is 18.0 Å². The predicted octanol–water partition coefficient (Wildman–Crippen LogP) is 3.23. The third kappa shape index (κ3) is 4.57. The quantitative estimate of drug-likeness (QED) is 0.702. The van der Waals surface area contributed by atoms with Crippen LogP contribution in [0.15, 0.2) is 23.3 Å². The van der Waals surface area contributed by atoms with Crippen molar-refractivity contribution >= 4 is 23.3 Å². The van der Waals surface area contributed by atoms with Crippen molar-refractivity contribution in [3.63, 3.8) is 0 Å². The standard InChI is InChI=1S/C22H28F3N7OS/c1-14-7-31(19-26-5-16(6-27-19)22(23,24)25)8-15(2)32(14)20(33)29-17-3-21(4-17)11-30(12-21)9-18-10-34-13-28-18/h5-6,10,13-15,17H,3-4,7-9,11-12H2,1-2H3,(H,29,33)/t14-,15+. The summed E-state index contributed by atoms with van der Waals surface area (Å²) in [4.78, 5) is 31.3. The summed E-state index contributed by atoms with van der Waals surface area (Å²) in [5.41, 5.74) is 2.43. The monoisotopic (exact) mass is 495 g/mol. The average Bonchev–Trinajstić information content (AvgIpc) is 3.22. The van der Waals surface area contributed by atoms with Crippen molar-refractivity contribution in [2.45, 2.75) is 57.5 Å². The molecule has 5 rings (SSSR count). The Balaban J connectivity index is 1.10. The third-order valence-electron chi connectivity index (χ3n) is 7.08. The normalized spacial score (nSPS) is 25.2. The summed E-state index contributed by atoms with van der Waals surface area (Å²) in [5, 5.41) is 5.28. The molecule has 3 fully saturated rings. The van der Waals surface area contributed by atoms with E-state index < -0.39 is 11.7 Å². The van der Waals surface area contributed by atoms with Crippen molar-refractivity contribution in [3.8, 4) is 0 Å². The fraction of sp³-hybridized carbons (Fsp3) is 0.636. The zero-order valence-electron chi connectivity index (χ0n) is 19.1. The van der Waals surface area contributed by atoms with E-state index in [0.29, 0.717) is 18.5 Å². The van der Waals surface area contributed by atoms with E-state index in [0.717, 1.165) is 50.6 Å². The summed E-state index contributed by atoms with van der Waals surface area (Å²) in [5.74, 6) is 0.250. The Kier molecular flexibility index (Phi) is 5.91. The van der Waals surface area contributed by atoms with Gasteiger partial charge in [0.1, 0.15) is 0 Å². The first kappa shape index (κ1) is 23.3. The molecule has 2 aromatic heterocycles. The lowest BCUT2D eigenvalue weighted by atomic mass is 9.60. The molecule has 0 aromatic carbocycles. The molecule has 2 amide bonds. The van der Waals surface area contributed by atoms with E-state index in [1.807, 2.05) is 29.2 Å². The highest BCUT2D eigenvalue weighted by molar-refractivity contribution is 7.07. The topological polar surface area (TPSA) is 77.5 Å². The predicted molar refractivity (Wildman–Crippen MR) is 121 cm³/mol. The third-order valence-corrected chi connectivity index (χ3v) is 7.71. The lowest BCUT2D eigenvalue weighted by Crippen LogP contribution is -2.68. The number of urea groups is 1. The van der Waals surface area contributed by atoms with Crippen LogP contribution in [0, 0.1) is 5.41 Å². The number of alkyl halides is 3. The molecular formula is C22H28F3N7OS. The smallest absolute Gasteiger partial charge is 0.337 e. The van der Waals surface area contributed by atoms with Gasteiger partial charge in [0.25, 0.3) is 0 Å². The van der Waals surface area contributed by atoms with Gasteiger partial charge in [0.15, 0.2) is 0 Å². The van der Waals surface area contributed by atoms with Crippen LogP contribution in [-0.2, 0) is 12.7 Å². The molecule has 2 atom stereocenters. The van der Waals surface area contributed by atoms with Gasteiger partial charge in [-0.1, -0.05) is 0 Å². The second-order valence-corrected chi connectivity index (χ2v) is 10.7. The minimum atomic E-state index is -4.46. The Bertz CT molecular complexity index is 991. The van der Waals surface area contributed by atoms with Crippen molar-refractivity contribution in [3.05, 3.63) is 34.5 Å². The number of nitrogens with one attached hydrogen (secondary N) is 1. The van der Waals surface area contributed by atoms with Gasteiger partial charge in [0, 0.05) is 68.6 Å². The molecule has 8 nitrogen and oxygen atoms in total. The van der Waals surface area contributed by atoms with E-state index in [2.05, 4.69) is 30.5 Å². The SMILES string of the molecule is C[C@@H]1CN(c2ncc(C(F)(F)F)cn2)C[C@H](C)N1C(=O)NC1CC2(C1)CN(Cc1cscn1)C2. The lowest BCUT2D eigenvalue weighted by molar-refractivity contribution is -0.138. The van der Waals surface area contributed by atoms with E-state index in [9.17, 15) is 18.0 Å². The highest BCUT2D eigenvalue weighted by atomic mass is 32.1. The van der Waals surface area contributed by atoms with Gasteiger partial charge in [-0.2, -0.15) is 13.2 Å². The van der Waals surface area contributed by atoms with Gasteiger partial charge < -0.3 is 15.1 Å². The molecule has 1 saturated carbocycles. The van der Waals surface area contributed by atoms with Crippen LogP contribution in [0.2, 0.25) is 0 Å². The van der Waals surface area contributed by atoms with Gasteiger partial charge in [0.05, 0.1) is 16.8 Å². The van der Waals surface area contributed by atoms with Crippen LogP contribution in [0.1, 0.15) is 37.9 Å². The van der Waals surface area contributed by atoms with Crippen molar-refractivity contribution in [1.82, 2.24) is 30.1 Å². The van der Waals surface area contributed by atoms with Crippen molar-refractivity contribution in [1.29, 1.82) is 0 Å². The minimum absolute atomic E-state index is 0.0773. The first-order valence-electron chi connectivity index (χ1n) is 11.4. The largest absolute Gasteiger partial charge is 0.419 e. The number of carbonyl (C=O) groups is 1. The Morgan fingerprint density at radius 3 is 2.35 bits per heavy atom. The Morgan fingerprint density at radius 2 is 1.79 bits per heavy atom. The summed E-state index contributed by atoms with van der Waals surface area (Å²) >= 11 is 1.62. The van der Waals surface area contributed by atoms with Gasteiger partial charge in [0.2, 0.25) is 5.95 Å². The van der Waals surface area contributed by atoms with E-state index >= 15 is 0 Å². The Labute approximate surface area is 200 Å². The maximum Gasteiger partial charge on any atom is 0.419 e.